The maximum absolute atomic E-state index is 13.0. The van der Waals surface area contributed by atoms with Crippen LogP contribution >= 0.6 is 11.8 Å². The second kappa shape index (κ2) is 6.88. The third-order valence-corrected chi connectivity index (χ3v) is 5.29. The molecule has 1 aliphatic rings. The first-order chi connectivity index (χ1) is 12.3. The summed E-state index contributed by atoms with van der Waals surface area (Å²) in [6.07, 6.45) is 5.95. The maximum atomic E-state index is 13.0. The van der Waals surface area contributed by atoms with Crippen molar-refractivity contribution in [2.45, 2.75) is 24.6 Å². The van der Waals surface area contributed by atoms with Gasteiger partial charge in [0.2, 0.25) is 0 Å². The number of hydrogen-bond donors (Lipinski definition) is 0. The van der Waals surface area contributed by atoms with E-state index in [2.05, 4.69) is 16.5 Å². The van der Waals surface area contributed by atoms with Gasteiger partial charge in [0.25, 0.3) is 5.91 Å². The summed E-state index contributed by atoms with van der Waals surface area (Å²) in [6.45, 7) is 0.762. The SMILES string of the molecule is CSCc1ccc(C(=O)N2CCC[C@@H]2c2nnc3ccccn23)cc1. The Balaban J connectivity index is 1.61. The highest BCUT2D eigenvalue weighted by Crippen LogP contribution is 2.32. The van der Waals surface area contributed by atoms with E-state index >= 15 is 0 Å². The zero-order valence-corrected chi connectivity index (χ0v) is 14.9. The zero-order chi connectivity index (χ0) is 17.2. The summed E-state index contributed by atoms with van der Waals surface area (Å²) in [5.74, 6) is 1.89. The van der Waals surface area contributed by atoms with Crippen LogP contribution in [0.25, 0.3) is 5.65 Å². The molecule has 0 spiro atoms. The fourth-order valence-electron chi connectivity index (χ4n) is 3.44. The molecule has 4 rings (SSSR count). The van der Waals surface area contributed by atoms with E-state index in [9.17, 15) is 4.79 Å². The number of fused-ring (bicyclic) bond motifs is 1. The van der Waals surface area contributed by atoms with Gasteiger partial charge in [-0.15, -0.1) is 10.2 Å². The van der Waals surface area contributed by atoms with Gasteiger partial charge in [0.05, 0.1) is 6.04 Å². The molecule has 1 fully saturated rings. The van der Waals surface area contributed by atoms with E-state index in [1.54, 1.807) is 11.8 Å². The minimum atomic E-state index is -0.0178. The molecule has 0 unspecified atom stereocenters. The van der Waals surface area contributed by atoms with Crippen molar-refractivity contribution in [3.05, 3.63) is 65.6 Å². The van der Waals surface area contributed by atoms with Crippen LogP contribution in [-0.2, 0) is 5.75 Å². The summed E-state index contributed by atoms with van der Waals surface area (Å²) in [7, 11) is 0. The molecule has 0 radical (unpaired) electrons. The fourth-order valence-corrected chi connectivity index (χ4v) is 3.97. The number of hydrogen-bond acceptors (Lipinski definition) is 4. The maximum Gasteiger partial charge on any atom is 0.254 e. The van der Waals surface area contributed by atoms with Crippen molar-refractivity contribution in [2.75, 3.05) is 12.8 Å². The molecule has 6 heteroatoms. The number of rotatable bonds is 4. The Labute approximate surface area is 151 Å². The lowest BCUT2D eigenvalue weighted by Crippen LogP contribution is -2.31. The minimum Gasteiger partial charge on any atom is -0.328 e. The van der Waals surface area contributed by atoms with E-state index in [1.165, 1.54) is 5.56 Å². The molecule has 25 heavy (non-hydrogen) atoms. The Kier molecular flexibility index (Phi) is 4.44. The van der Waals surface area contributed by atoms with Crippen LogP contribution in [0.5, 0.6) is 0 Å². The van der Waals surface area contributed by atoms with E-state index in [1.807, 2.05) is 58.0 Å². The predicted molar refractivity (Wildman–Crippen MR) is 99.7 cm³/mol. The van der Waals surface area contributed by atoms with E-state index in [0.717, 1.165) is 42.2 Å². The first-order valence-corrected chi connectivity index (χ1v) is 9.86. The van der Waals surface area contributed by atoms with Gasteiger partial charge in [-0.1, -0.05) is 18.2 Å². The van der Waals surface area contributed by atoms with Gasteiger partial charge in [0.1, 0.15) is 0 Å². The van der Waals surface area contributed by atoms with E-state index in [4.69, 9.17) is 0 Å². The second-order valence-corrected chi connectivity index (χ2v) is 7.14. The van der Waals surface area contributed by atoms with Crippen molar-refractivity contribution in [2.24, 2.45) is 0 Å². The van der Waals surface area contributed by atoms with Crippen molar-refractivity contribution in [1.29, 1.82) is 0 Å². The van der Waals surface area contributed by atoms with Crippen LogP contribution in [0.3, 0.4) is 0 Å². The summed E-state index contributed by atoms with van der Waals surface area (Å²) >= 11 is 1.78. The molecule has 0 N–H and O–H groups in total. The van der Waals surface area contributed by atoms with Crippen LogP contribution in [0.4, 0.5) is 0 Å². The van der Waals surface area contributed by atoms with Crippen LogP contribution in [0, 0.1) is 0 Å². The summed E-state index contributed by atoms with van der Waals surface area (Å²) in [5, 5.41) is 8.59. The Hall–Kier alpha value is -2.34. The highest BCUT2D eigenvalue weighted by atomic mass is 32.2. The van der Waals surface area contributed by atoms with E-state index < -0.39 is 0 Å². The van der Waals surface area contributed by atoms with Gasteiger partial charge in [-0.25, -0.2) is 0 Å². The van der Waals surface area contributed by atoms with Crippen LogP contribution < -0.4 is 0 Å². The molecule has 0 saturated carbocycles. The third kappa shape index (κ3) is 3.02. The van der Waals surface area contributed by atoms with Crippen LogP contribution in [-0.4, -0.2) is 38.2 Å². The summed E-state index contributed by atoms with van der Waals surface area (Å²) < 4.78 is 1.98. The number of aromatic nitrogens is 3. The number of nitrogens with zero attached hydrogens (tertiary/aromatic N) is 4. The topological polar surface area (TPSA) is 50.5 Å². The Morgan fingerprint density at radius 2 is 2.04 bits per heavy atom. The molecular formula is C19H20N4OS. The largest absolute Gasteiger partial charge is 0.328 e. The van der Waals surface area contributed by atoms with Crippen molar-refractivity contribution >= 4 is 23.3 Å². The Morgan fingerprint density at radius 1 is 1.20 bits per heavy atom. The van der Waals surface area contributed by atoms with E-state index in [0.29, 0.717) is 0 Å². The average Bonchev–Trinajstić information content (AvgIpc) is 3.28. The lowest BCUT2D eigenvalue weighted by Gasteiger charge is -2.23. The normalized spacial score (nSPS) is 17.3. The molecule has 0 bridgehead atoms. The molecule has 128 valence electrons. The third-order valence-electron chi connectivity index (χ3n) is 4.66. The smallest absolute Gasteiger partial charge is 0.254 e. The number of benzene rings is 1. The lowest BCUT2D eigenvalue weighted by atomic mass is 10.1. The van der Waals surface area contributed by atoms with Gasteiger partial charge >= 0.3 is 0 Å². The summed E-state index contributed by atoms with van der Waals surface area (Å²) in [4.78, 5) is 15.0. The first-order valence-electron chi connectivity index (χ1n) is 8.46. The number of thioether (sulfide) groups is 1. The Bertz CT molecular complexity index is 890. The quantitative estimate of drug-likeness (QED) is 0.720. The first kappa shape index (κ1) is 16.1. The van der Waals surface area contributed by atoms with Gasteiger partial charge in [-0.3, -0.25) is 9.20 Å². The zero-order valence-electron chi connectivity index (χ0n) is 14.1. The van der Waals surface area contributed by atoms with Crippen molar-refractivity contribution < 1.29 is 4.79 Å². The average molecular weight is 352 g/mol. The molecule has 3 aromatic rings. The standard InChI is InChI=1S/C19H20N4OS/c1-25-13-14-7-9-15(10-8-14)19(24)22-12-4-5-16(22)18-21-20-17-6-2-3-11-23(17)18/h2-3,6-11,16H,4-5,12-13H2,1H3/t16-/m1/s1. The molecule has 0 aliphatic carbocycles. The number of amides is 1. The minimum absolute atomic E-state index is 0.0178. The highest BCUT2D eigenvalue weighted by Gasteiger charge is 2.33. The molecule has 1 amide bonds. The van der Waals surface area contributed by atoms with Gasteiger partial charge < -0.3 is 4.90 Å². The predicted octanol–water partition coefficient (Wildman–Crippen LogP) is 3.57. The van der Waals surface area contributed by atoms with Crippen LogP contribution in [0.15, 0.2) is 48.7 Å². The van der Waals surface area contributed by atoms with E-state index in [-0.39, 0.29) is 11.9 Å². The monoisotopic (exact) mass is 352 g/mol. The van der Waals surface area contributed by atoms with Gasteiger partial charge in [0.15, 0.2) is 11.5 Å². The van der Waals surface area contributed by atoms with Crippen molar-refractivity contribution in [3.8, 4) is 0 Å². The van der Waals surface area contributed by atoms with Gasteiger partial charge in [0, 0.05) is 24.1 Å². The number of carbonyl (C=O) groups is 1. The van der Waals surface area contributed by atoms with Crippen molar-refractivity contribution in [3.63, 3.8) is 0 Å². The highest BCUT2D eigenvalue weighted by molar-refractivity contribution is 7.97. The molecule has 1 atom stereocenters. The molecule has 1 saturated heterocycles. The molecule has 2 aromatic heterocycles. The molecule has 3 heterocycles. The van der Waals surface area contributed by atoms with Crippen molar-refractivity contribution in [1.82, 2.24) is 19.5 Å². The molecule has 5 nitrogen and oxygen atoms in total. The molecule has 1 aromatic carbocycles. The summed E-state index contributed by atoms with van der Waals surface area (Å²) in [6, 6.07) is 13.8. The summed E-state index contributed by atoms with van der Waals surface area (Å²) in [5.41, 5.74) is 2.80. The van der Waals surface area contributed by atoms with Gasteiger partial charge in [-0.2, -0.15) is 11.8 Å². The molecule has 1 aliphatic heterocycles. The van der Waals surface area contributed by atoms with Gasteiger partial charge in [-0.05, 0) is 48.9 Å². The number of carbonyl (C=O) groups excluding carboxylic acids is 1. The fraction of sp³-hybridized carbons (Fsp3) is 0.316. The van der Waals surface area contributed by atoms with Crippen LogP contribution in [0.1, 0.15) is 40.6 Å². The lowest BCUT2D eigenvalue weighted by molar-refractivity contribution is 0.0729. The number of likely N-dealkylation sites (tertiary alicyclic amines) is 1. The Morgan fingerprint density at radius 3 is 2.84 bits per heavy atom. The second-order valence-electron chi connectivity index (χ2n) is 6.27. The number of pyridine rings is 1. The van der Waals surface area contributed by atoms with Crippen LogP contribution in [0.2, 0.25) is 0 Å². The molecular weight excluding hydrogens is 332 g/mol.